The van der Waals surface area contributed by atoms with E-state index in [4.69, 9.17) is 15.0 Å². The van der Waals surface area contributed by atoms with Gasteiger partial charge < -0.3 is 9.13 Å². The Bertz CT molecular complexity index is 4240. The highest BCUT2D eigenvalue weighted by Crippen LogP contribution is 2.45. The molecule has 80 heavy (non-hydrogen) atoms. The minimum atomic E-state index is -0.0556. The van der Waals surface area contributed by atoms with E-state index in [2.05, 4.69) is 238 Å². The normalized spacial score (nSPS) is 12.5. The van der Waals surface area contributed by atoms with Gasteiger partial charge in [0.15, 0.2) is 17.5 Å². The van der Waals surface area contributed by atoms with Gasteiger partial charge in [-0.1, -0.05) is 186 Å². The Morgan fingerprint density at radius 1 is 0.312 bits per heavy atom. The maximum atomic E-state index is 10.4. The van der Waals surface area contributed by atoms with Gasteiger partial charge in [0.1, 0.15) is 0 Å². The third kappa shape index (κ3) is 9.35. The van der Waals surface area contributed by atoms with Crippen LogP contribution in [0, 0.1) is 11.3 Å². The van der Waals surface area contributed by atoms with E-state index in [0.29, 0.717) is 23.0 Å². The summed E-state index contributed by atoms with van der Waals surface area (Å²) in [5.41, 5.74) is 18.7. The second-order valence-corrected chi connectivity index (χ2v) is 25.8. The zero-order valence-corrected chi connectivity index (χ0v) is 48.2. The highest BCUT2D eigenvalue weighted by molar-refractivity contribution is 6.12. The summed E-state index contributed by atoms with van der Waals surface area (Å²) in [6.45, 7) is 27.4. The minimum absolute atomic E-state index is 0.0469. The summed E-state index contributed by atoms with van der Waals surface area (Å²) in [5, 5.41) is 15.3. The Balaban J connectivity index is 1.18. The van der Waals surface area contributed by atoms with Crippen molar-refractivity contribution in [1.82, 2.24) is 24.1 Å². The Labute approximate surface area is 471 Å². The highest BCUT2D eigenvalue weighted by Gasteiger charge is 2.26. The number of rotatable bonds is 7. The molecule has 0 fully saturated rings. The Morgan fingerprint density at radius 2 is 0.637 bits per heavy atom. The lowest BCUT2D eigenvalue weighted by molar-refractivity contribution is 0.590. The first-order valence-electron chi connectivity index (χ1n) is 28.0. The maximum Gasteiger partial charge on any atom is 0.164 e. The summed E-state index contributed by atoms with van der Waals surface area (Å²) in [6, 6.07) is 72.4. The zero-order chi connectivity index (χ0) is 56.0. The molecule has 0 saturated heterocycles. The lowest BCUT2D eigenvalue weighted by Gasteiger charge is -2.21. The predicted molar refractivity (Wildman–Crippen MR) is 335 cm³/mol. The molecule has 0 radical (unpaired) electrons. The molecule has 0 amide bonds. The van der Waals surface area contributed by atoms with Crippen LogP contribution in [0.15, 0.2) is 194 Å². The first-order chi connectivity index (χ1) is 38.1. The largest absolute Gasteiger partial charge is 0.309 e. The number of nitriles is 1. The molecule has 0 spiro atoms. The van der Waals surface area contributed by atoms with E-state index >= 15 is 0 Å². The lowest BCUT2D eigenvalue weighted by Crippen LogP contribution is -2.10. The summed E-state index contributed by atoms with van der Waals surface area (Å²) in [5.74, 6) is 1.78. The first kappa shape index (κ1) is 51.8. The van der Waals surface area contributed by atoms with Crippen LogP contribution in [0.2, 0.25) is 0 Å². The van der Waals surface area contributed by atoms with E-state index in [-0.39, 0.29) is 21.7 Å². The molecule has 0 N–H and O–H groups in total. The molecule has 3 heterocycles. The summed E-state index contributed by atoms with van der Waals surface area (Å²) in [6.07, 6.45) is 0. The highest BCUT2D eigenvalue weighted by atomic mass is 15.0. The van der Waals surface area contributed by atoms with Crippen molar-refractivity contribution in [1.29, 1.82) is 5.26 Å². The van der Waals surface area contributed by atoms with Gasteiger partial charge in [-0.2, -0.15) is 5.26 Å². The molecule has 394 valence electrons. The van der Waals surface area contributed by atoms with E-state index in [0.717, 1.165) is 72.4 Å². The molecular formula is C74H68N6. The van der Waals surface area contributed by atoms with Gasteiger partial charge in [0.25, 0.3) is 0 Å². The average Bonchev–Trinajstić information content (AvgIpc) is 3.40. The molecule has 6 heteroatoms. The van der Waals surface area contributed by atoms with Gasteiger partial charge >= 0.3 is 0 Å². The van der Waals surface area contributed by atoms with E-state index in [1.54, 1.807) is 0 Å². The summed E-state index contributed by atoms with van der Waals surface area (Å²) in [4.78, 5) is 15.6. The van der Waals surface area contributed by atoms with Crippen LogP contribution < -0.4 is 0 Å². The van der Waals surface area contributed by atoms with Gasteiger partial charge in [-0.3, -0.25) is 0 Å². The van der Waals surface area contributed by atoms with Crippen LogP contribution in [-0.2, 0) is 21.7 Å². The SMILES string of the molecule is CC(C)(C)c1ccc2c(c1)c1cc(C(C)(C)C)ccc1n2-c1ccc(-c2nc(-c3ccccc3)nc(-c3ccccc3)n2)cc1-c1ccc(-n2c3ccc(C(C)(C)C)cc3c3cc(C(C)(C)C)ccc32)c(-c2cccc(C#N)c2)c1. The number of fused-ring (bicyclic) bond motifs is 6. The predicted octanol–water partition coefficient (Wildman–Crippen LogP) is 19.5. The van der Waals surface area contributed by atoms with Gasteiger partial charge in [0.2, 0.25) is 0 Å². The molecule has 0 unspecified atom stereocenters. The number of aromatic nitrogens is 5. The van der Waals surface area contributed by atoms with Crippen LogP contribution in [0.1, 0.15) is 111 Å². The Kier molecular flexibility index (Phi) is 12.4. The fourth-order valence-electron chi connectivity index (χ4n) is 11.4. The molecule has 0 bridgehead atoms. The summed E-state index contributed by atoms with van der Waals surface area (Å²) < 4.78 is 4.89. The number of hydrogen-bond donors (Lipinski definition) is 0. The number of nitrogens with zero attached hydrogens (tertiary/aromatic N) is 6. The second kappa shape index (κ2) is 19.2. The average molecular weight is 1040 g/mol. The van der Waals surface area contributed by atoms with Crippen LogP contribution in [-0.4, -0.2) is 24.1 Å². The van der Waals surface area contributed by atoms with Crippen molar-refractivity contribution >= 4 is 43.6 Å². The van der Waals surface area contributed by atoms with Crippen molar-refractivity contribution < 1.29 is 0 Å². The minimum Gasteiger partial charge on any atom is -0.309 e. The third-order valence-electron chi connectivity index (χ3n) is 16.0. The van der Waals surface area contributed by atoms with Gasteiger partial charge in [-0.05, 0) is 146 Å². The van der Waals surface area contributed by atoms with Crippen molar-refractivity contribution in [2.45, 2.75) is 105 Å². The summed E-state index contributed by atoms with van der Waals surface area (Å²) >= 11 is 0. The van der Waals surface area contributed by atoms with E-state index < -0.39 is 0 Å². The number of benzene rings is 9. The standard InChI is InChI=1S/C74H68N6/c1-71(2,3)52-28-34-64-58(41-52)59-42-53(72(4,5)6)29-35-65(59)79(64)62-32-26-50(39-56(62)49-25-19-20-46(38-49)45-75)57-40-51(70-77-68(47-21-15-13-16-22-47)76-69(78-70)48-23-17-14-18-24-48)27-33-63(57)80-66-36-30-54(73(7,8)9)43-60(66)61-44-55(74(10,11)12)31-37-67(61)80/h13-44H,1-12H3. The number of hydrogen-bond acceptors (Lipinski definition) is 4. The monoisotopic (exact) mass is 1040 g/mol. The second-order valence-electron chi connectivity index (χ2n) is 25.8. The molecule has 12 rings (SSSR count). The van der Waals surface area contributed by atoms with E-state index in [9.17, 15) is 5.26 Å². The zero-order valence-electron chi connectivity index (χ0n) is 48.2. The molecule has 3 aromatic heterocycles. The molecule has 0 aliphatic rings. The lowest BCUT2D eigenvalue weighted by atomic mass is 9.85. The molecule has 0 atom stereocenters. The molecule has 9 aromatic carbocycles. The smallest absolute Gasteiger partial charge is 0.164 e. The van der Waals surface area contributed by atoms with E-state index in [1.165, 1.54) is 43.8 Å². The third-order valence-corrected chi connectivity index (χ3v) is 16.0. The molecular weight excluding hydrogens is 973 g/mol. The quantitative estimate of drug-likeness (QED) is 0.159. The van der Waals surface area contributed by atoms with E-state index in [1.807, 2.05) is 54.6 Å². The van der Waals surface area contributed by atoms with Crippen LogP contribution in [0.5, 0.6) is 0 Å². The van der Waals surface area contributed by atoms with Gasteiger partial charge in [-0.25, -0.2) is 15.0 Å². The van der Waals surface area contributed by atoms with Gasteiger partial charge in [0.05, 0.1) is 45.1 Å². The van der Waals surface area contributed by atoms with Crippen LogP contribution >= 0.6 is 0 Å². The molecule has 0 saturated carbocycles. The summed E-state index contributed by atoms with van der Waals surface area (Å²) in [7, 11) is 0. The topological polar surface area (TPSA) is 72.3 Å². The van der Waals surface area contributed by atoms with Crippen molar-refractivity contribution in [2.75, 3.05) is 0 Å². The molecule has 0 aliphatic heterocycles. The Hall–Kier alpha value is -8.92. The van der Waals surface area contributed by atoms with Crippen LogP contribution in [0.3, 0.4) is 0 Å². The van der Waals surface area contributed by atoms with Crippen molar-refractivity contribution in [3.05, 3.63) is 222 Å². The fourth-order valence-corrected chi connectivity index (χ4v) is 11.4. The van der Waals surface area contributed by atoms with Crippen molar-refractivity contribution in [2.24, 2.45) is 0 Å². The van der Waals surface area contributed by atoms with Crippen molar-refractivity contribution in [3.63, 3.8) is 0 Å². The van der Waals surface area contributed by atoms with Crippen molar-refractivity contribution in [3.8, 4) is 73.9 Å². The Morgan fingerprint density at radius 3 is 1.00 bits per heavy atom. The molecule has 6 nitrogen and oxygen atoms in total. The van der Waals surface area contributed by atoms with Crippen LogP contribution in [0.4, 0.5) is 0 Å². The maximum absolute atomic E-state index is 10.4. The molecule has 12 aromatic rings. The first-order valence-corrected chi connectivity index (χ1v) is 28.0. The fraction of sp³-hybridized carbons (Fsp3) is 0.216. The van der Waals surface area contributed by atoms with Crippen LogP contribution in [0.25, 0.3) is 111 Å². The molecule has 0 aliphatic carbocycles. The van der Waals surface area contributed by atoms with Gasteiger partial charge in [0, 0.05) is 49.4 Å². The van der Waals surface area contributed by atoms with Gasteiger partial charge in [-0.15, -0.1) is 0 Å².